The van der Waals surface area contributed by atoms with Crippen molar-refractivity contribution in [3.63, 3.8) is 0 Å². The number of alkyl halides is 3. The molecule has 0 unspecified atom stereocenters. The second-order valence-corrected chi connectivity index (χ2v) is 12.2. The number of benzene rings is 2. The zero-order valence-corrected chi connectivity index (χ0v) is 24.1. The van der Waals surface area contributed by atoms with Gasteiger partial charge in [-0.1, -0.05) is 52.5 Å². The summed E-state index contributed by atoms with van der Waals surface area (Å²) in [6.07, 6.45) is -4.95. The van der Waals surface area contributed by atoms with Crippen molar-refractivity contribution in [3.8, 4) is 0 Å². The molecule has 0 saturated carbocycles. The van der Waals surface area contributed by atoms with E-state index in [-0.39, 0.29) is 22.3 Å². The third-order valence-electron chi connectivity index (χ3n) is 7.14. The number of likely N-dealkylation sites (tertiary alicyclic amines) is 1. The van der Waals surface area contributed by atoms with Crippen molar-refractivity contribution >= 4 is 39.1 Å². The third kappa shape index (κ3) is 6.30. The first-order valence-corrected chi connectivity index (χ1v) is 14.3. The molecule has 0 aliphatic carbocycles. The Morgan fingerprint density at radius 3 is 2.36 bits per heavy atom. The summed E-state index contributed by atoms with van der Waals surface area (Å²) in [6, 6.07) is 13.7. The quantitative estimate of drug-likeness (QED) is 0.180. The highest BCUT2D eigenvalue weighted by Crippen LogP contribution is 2.37. The Hall–Kier alpha value is -3.49. The second-order valence-electron chi connectivity index (χ2n) is 10.1. The molecule has 0 spiro atoms. The van der Waals surface area contributed by atoms with E-state index in [1.165, 1.54) is 0 Å². The van der Waals surface area contributed by atoms with Crippen molar-refractivity contribution in [2.75, 3.05) is 29.5 Å². The van der Waals surface area contributed by atoms with Crippen LogP contribution in [-0.4, -0.2) is 56.6 Å². The van der Waals surface area contributed by atoms with E-state index in [0.29, 0.717) is 25.6 Å². The maximum atomic E-state index is 15.4. The van der Waals surface area contributed by atoms with E-state index in [1.54, 1.807) is 11.9 Å². The van der Waals surface area contributed by atoms with Crippen molar-refractivity contribution in [2.45, 2.75) is 42.9 Å². The molecule has 2 heterocycles. The van der Waals surface area contributed by atoms with E-state index in [4.69, 9.17) is 11.6 Å². The first-order valence-electron chi connectivity index (χ1n) is 12.5. The number of hydrogen-bond donors (Lipinski definition) is 0. The smallest absolute Gasteiger partial charge is 0.369 e. The lowest BCUT2D eigenvalue weighted by molar-refractivity contribution is -0.199. The van der Waals surface area contributed by atoms with Gasteiger partial charge in [-0.15, -0.1) is 0 Å². The average molecular weight is 633 g/mol. The van der Waals surface area contributed by atoms with E-state index in [0.717, 1.165) is 29.8 Å². The fourth-order valence-electron chi connectivity index (χ4n) is 4.71. The molecule has 1 fully saturated rings. The number of hydrogen-bond acceptors (Lipinski definition) is 7. The Labute approximate surface area is 244 Å². The van der Waals surface area contributed by atoms with Gasteiger partial charge in [0.25, 0.3) is 10.0 Å². The fourth-order valence-corrected chi connectivity index (χ4v) is 6.34. The molecule has 1 aliphatic rings. The van der Waals surface area contributed by atoms with Crippen LogP contribution in [0.5, 0.6) is 0 Å². The highest BCUT2D eigenvalue weighted by molar-refractivity contribution is 7.92. The van der Waals surface area contributed by atoms with E-state index < -0.39 is 49.1 Å². The molecule has 0 amide bonds. The Morgan fingerprint density at radius 1 is 1.07 bits per heavy atom. The van der Waals surface area contributed by atoms with Gasteiger partial charge in [-0.3, -0.25) is 4.90 Å². The summed E-state index contributed by atoms with van der Waals surface area (Å²) in [7, 11) is -3.77. The molecule has 1 aromatic heterocycles. The molecule has 4 rings (SSSR count). The molecular formula is C27H26ClF5N4O4S. The SMILES string of the molecule is CN(c1cc(F)c(S(=O)(=O)N(OC(=O)C(F)(F)F)c2cccc(F)n2)cc1Cl)[C@H]1CCN(C(C)(C)c2ccccc2)C1. The predicted octanol–water partition coefficient (Wildman–Crippen LogP) is 5.67. The van der Waals surface area contributed by atoms with Crippen molar-refractivity contribution in [2.24, 2.45) is 0 Å². The first-order chi connectivity index (χ1) is 19.5. The Balaban J connectivity index is 1.64. The number of carbonyl (C=O) groups excluding carboxylic acids is 1. The number of carbonyl (C=O) groups is 1. The number of aromatic nitrogens is 1. The highest BCUT2D eigenvalue weighted by Gasteiger charge is 2.46. The normalized spacial score (nSPS) is 16.4. The summed E-state index contributed by atoms with van der Waals surface area (Å²) in [5.74, 6) is -6.71. The lowest BCUT2D eigenvalue weighted by Gasteiger charge is -2.37. The molecule has 1 aliphatic heterocycles. The summed E-state index contributed by atoms with van der Waals surface area (Å²) in [4.78, 5) is 21.5. The predicted molar refractivity (Wildman–Crippen MR) is 145 cm³/mol. The summed E-state index contributed by atoms with van der Waals surface area (Å²) >= 11 is 6.39. The number of halogens is 6. The molecular weight excluding hydrogens is 607 g/mol. The van der Waals surface area contributed by atoms with Gasteiger partial charge in [-0.25, -0.2) is 9.18 Å². The summed E-state index contributed by atoms with van der Waals surface area (Å²) in [5.41, 5.74) is 0.919. The van der Waals surface area contributed by atoms with Crippen LogP contribution in [0.15, 0.2) is 65.6 Å². The van der Waals surface area contributed by atoms with Crippen molar-refractivity contribution in [1.29, 1.82) is 0 Å². The molecule has 2 aromatic carbocycles. The van der Waals surface area contributed by atoms with Crippen LogP contribution in [0.3, 0.4) is 0 Å². The zero-order valence-electron chi connectivity index (χ0n) is 22.6. The number of nitrogens with zero attached hydrogens (tertiary/aromatic N) is 4. The Kier molecular flexibility index (Phi) is 8.72. The zero-order chi connectivity index (χ0) is 31.0. The summed E-state index contributed by atoms with van der Waals surface area (Å²) in [5, 5.41) is -0.243. The van der Waals surface area contributed by atoms with Crippen LogP contribution in [0.1, 0.15) is 25.8 Å². The van der Waals surface area contributed by atoms with Crippen molar-refractivity contribution < 1.29 is 40.0 Å². The molecule has 0 radical (unpaired) electrons. The van der Waals surface area contributed by atoms with E-state index in [2.05, 4.69) is 28.6 Å². The molecule has 226 valence electrons. The van der Waals surface area contributed by atoms with Crippen LogP contribution >= 0.6 is 11.6 Å². The lowest BCUT2D eigenvalue weighted by atomic mass is 9.92. The fraction of sp³-hybridized carbons (Fsp3) is 0.333. The number of sulfonamides is 1. The van der Waals surface area contributed by atoms with Crippen LogP contribution < -0.4 is 9.37 Å². The topological polar surface area (TPSA) is 83.1 Å². The van der Waals surface area contributed by atoms with Crippen LogP contribution in [0.4, 0.5) is 33.5 Å². The minimum atomic E-state index is -5.63. The van der Waals surface area contributed by atoms with E-state index in [9.17, 15) is 30.8 Å². The van der Waals surface area contributed by atoms with Crippen LogP contribution in [0, 0.1) is 11.8 Å². The summed E-state index contributed by atoms with van der Waals surface area (Å²) < 4.78 is 94.0. The van der Waals surface area contributed by atoms with Gasteiger partial charge in [0.2, 0.25) is 5.95 Å². The van der Waals surface area contributed by atoms with Gasteiger partial charge in [0, 0.05) is 37.8 Å². The van der Waals surface area contributed by atoms with Crippen molar-refractivity contribution in [3.05, 3.63) is 83.0 Å². The summed E-state index contributed by atoms with van der Waals surface area (Å²) in [6.45, 7) is 5.45. The molecule has 42 heavy (non-hydrogen) atoms. The molecule has 0 N–H and O–H groups in total. The first kappa shape index (κ1) is 31.4. The van der Waals surface area contributed by atoms with Gasteiger partial charge >= 0.3 is 12.1 Å². The average Bonchev–Trinajstić information content (AvgIpc) is 3.43. The van der Waals surface area contributed by atoms with Gasteiger partial charge in [0.05, 0.1) is 10.7 Å². The monoisotopic (exact) mass is 632 g/mol. The minimum Gasteiger partial charge on any atom is -0.369 e. The lowest BCUT2D eigenvalue weighted by Crippen LogP contribution is -2.42. The Morgan fingerprint density at radius 2 is 1.74 bits per heavy atom. The van der Waals surface area contributed by atoms with Crippen LogP contribution in [0.25, 0.3) is 0 Å². The highest BCUT2D eigenvalue weighted by atomic mass is 35.5. The van der Waals surface area contributed by atoms with Gasteiger partial charge in [-0.2, -0.15) is 31.0 Å². The van der Waals surface area contributed by atoms with Gasteiger partial charge in [0.15, 0.2) is 5.82 Å². The minimum absolute atomic E-state index is 0.125. The van der Waals surface area contributed by atoms with Crippen LogP contribution in [-0.2, 0) is 25.2 Å². The van der Waals surface area contributed by atoms with Crippen molar-refractivity contribution in [1.82, 2.24) is 9.88 Å². The molecule has 15 heteroatoms. The number of anilines is 2. The molecule has 1 atom stereocenters. The van der Waals surface area contributed by atoms with Gasteiger partial charge in [0.1, 0.15) is 10.7 Å². The van der Waals surface area contributed by atoms with Crippen LogP contribution in [0.2, 0.25) is 5.02 Å². The number of likely N-dealkylation sites (N-methyl/N-ethyl adjacent to an activating group) is 1. The number of rotatable bonds is 8. The van der Waals surface area contributed by atoms with Gasteiger partial charge < -0.3 is 9.74 Å². The maximum absolute atomic E-state index is 15.4. The standard InChI is InChI=1S/C27H26ClF5N4O4S/c1-26(2,17-8-5-4-6-9-17)36-13-12-18(16-36)35(3)21-15-20(29)22(14-19(21)28)42(39,40)37(41-25(38)27(31,32)33)24-11-7-10-23(30)34-24/h4-11,14-15,18H,12-13,16H2,1-3H3/t18-/m0/s1. The molecule has 0 bridgehead atoms. The largest absolute Gasteiger partial charge is 0.493 e. The molecule has 3 aromatic rings. The third-order valence-corrected chi connectivity index (χ3v) is 9.01. The second kappa shape index (κ2) is 11.7. The number of pyridine rings is 1. The Bertz CT molecular complexity index is 1570. The van der Waals surface area contributed by atoms with Gasteiger partial charge in [-0.05, 0) is 44.0 Å². The van der Waals surface area contributed by atoms with E-state index >= 15 is 4.39 Å². The molecule has 1 saturated heterocycles. The molecule has 8 nitrogen and oxygen atoms in total. The maximum Gasteiger partial charge on any atom is 0.493 e. The van der Waals surface area contributed by atoms with E-state index in [1.807, 2.05) is 30.3 Å².